The van der Waals surface area contributed by atoms with E-state index in [0.29, 0.717) is 11.3 Å². The molecule has 0 saturated heterocycles. The molecule has 0 aliphatic carbocycles. The summed E-state index contributed by atoms with van der Waals surface area (Å²) < 4.78 is -0.0324. The highest BCUT2D eigenvalue weighted by molar-refractivity contribution is 6.66. The zero-order valence-electron chi connectivity index (χ0n) is 9.07. The van der Waals surface area contributed by atoms with Crippen molar-refractivity contribution >= 4 is 57.4 Å². The fourth-order valence-electron chi connectivity index (χ4n) is 1.11. The van der Waals surface area contributed by atoms with Crippen molar-refractivity contribution in [2.45, 2.75) is 0 Å². The van der Waals surface area contributed by atoms with Crippen LogP contribution in [0.2, 0.25) is 0 Å². The van der Waals surface area contributed by atoms with Crippen molar-refractivity contribution < 1.29 is 0 Å². The second-order valence-corrected chi connectivity index (χ2v) is 4.46. The van der Waals surface area contributed by atoms with Gasteiger partial charge in [0.2, 0.25) is 5.96 Å². The highest BCUT2D eigenvalue weighted by Gasteiger charge is 2.04. The molecule has 0 saturated carbocycles. The van der Waals surface area contributed by atoms with E-state index in [9.17, 15) is 0 Å². The predicted molar refractivity (Wildman–Crippen MR) is 78.0 cm³/mol. The number of nitrogens with zero attached hydrogens (tertiary/aromatic N) is 2. The summed E-state index contributed by atoms with van der Waals surface area (Å²) in [5, 5.41) is 0.218. The first-order valence-electron chi connectivity index (χ1n) is 4.65. The second kappa shape index (κ2) is 6.49. The van der Waals surface area contributed by atoms with E-state index in [1.54, 1.807) is 24.3 Å². The Kier molecular flexibility index (Phi) is 5.27. The van der Waals surface area contributed by atoms with E-state index in [1.807, 2.05) is 0 Å². The second-order valence-electron chi connectivity index (χ2n) is 3.13. The number of rotatable bonds is 2. The highest BCUT2D eigenvalue weighted by Crippen LogP contribution is 2.29. The van der Waals surface area contributed by atoms with E-state index in [0.717, 1.165) is 0 Å². The lowest BCUT2D eigenvalue weighted by atomic mass is 10.2. The van der Waals surface area contributed by atoms with Gasteiger partial charge in [-0.15, -0.1) is 0 Å². The minimum atomic E-state index is -0.172. The number of guanidine groups is 2. The van der Waals surface area contributed by atoms with Crippen LogP contribution in [0.25, 0.3) is 5.03 Å². The number of nitrogens with two attached hydrogens (primary N) is 3. The molecule has 1 aromatic carbocycles. The largest absolute Gasteiger partial charge is 0.370 e. The third-order valence-electron chi connectivity index (χ3n) is 1.75. The molecule has 8 heteroatoms. The number of halogens is 3. The van der Waals surface area contributed by atoms with Crippen LogP contribution in [0.4, 0.5) is 5.69 Å². The van der Waals surface area contributed by atoms with Crippen molar-refractivity contribution in [3.8, 4) is 0 Å². The zero-order chi connectivity index (χ0) is 13.7. The van der Waals surface area contributed by atoms with Crippen molar-refractivity contribution in [2.24, 2.45) is 27.2 Å². The maximum absolute atomic E-state index is 5.90. The van der Waals surface area contributed by atoms with Crippen molar-refractivity contribution in [2.75, 3.05) is 0 Å². The molecule has 1 aromatic rings. The molecule has 0 heterocycles. The molecule has 0 aliphatic heterocycles. The molecule has 0 bridgehead atoms. The average Bonchev–Trinajstić information content (AvgIpc) is 2.26. The fraction of sp³-hybridized carbons (Fsp3) is 0. The Labute approximate surface area is 119 Å². The van der Waals surface area contributed by atoms with Crippen molar-refractivity contribution in [3.05, 3.63) is 34.3 Å². The smallest absolute Gasteiger partial charge is 0.223 e. The Morgan fingerprint density at radius 3 is 2.28 bits per heavy atom. The third kappa shape index (κ3) is 4.44. The molecular formula is C10H10Cl3N5. The lowest BCUT2D eigenvalue weighted by Gasteiger charge is -2.01. The first-order valence-corrected chi connectivity index (χ1v) is 5.78. The number of hydrogen-bond acceptors (Lipinski definition) is 1. The van der Waals surface area contributed by atoms with Crippen molar-refractivity contribution in [3.63, 3.8) is 0 Å². The van der Waals surface area contributed by atoms with Gasteiger partial charge in [-0.1, -0.05) is 46.9 Å². The van der Waals surface area contributed by atoms with E-state index >= 15 is 0 Å². The van der Waals surface area contributed by atoms with Gasteiger partial charge in [0.25, 0.3) is 0 Å². The van der Waals surface area contributed by atoms with Gasteiger partial charge >= 0.3 is 0 Å². The Bertz CT molecular complexity index is 528. The third-order valence-corrected chi connectivity index (χ3v) is 2.73. The van der Waals surface area contributed by atoms with Crippen LogP contribution in [-0.2, 0) is 0 Å². The minimum Gasteiger partial charge on any atom is -0.370 e. The Balaban J connectivity index is 3.11. The van der Waals surface area contributed by atoms with Gasteiger partial charge in [0.05, 0.1) is 10.7 Å². The summed E-state index contributed by atoms with van der Waals surface area (Å²) in [6, 6.07) is 6.78. The number of benzene rings is 1. The molecule has 0 aromatic heterocycles. The summed E-state index contributed by atoms with van der Waals surface area (Å²) in [5.74, 6) is -0.238. The quantitative estimate of drug-likeness (QED) is 0.576. The molecule has 1 rings (SSSR count). The molecular weight excluding hydrogens is 297 g/mol. The molecule has 0 fully saturated rings. The van der Waals surface area contributed by atoms with Crippen molar-refractivity contribution in [1.82, 2.24) is 0 Å². The average molecular weight is 307 g/mol. The minimum absolute atomic E-state index is 0.0324. The van der Waals surface area contributed by atoms with Gasteiger partial charge in [-0.05, 0) is 17.7 Å². The normalized spacial score (nSPS) is 10.9. The first kappa shape index (κ1) is 14.6. The van der Waals surface area contributed by atoms with E-state index in [2.05, 4.69) is 9.98 Å². The molecule has 0 atom stereocenters. The molecule has 0 aliphatic rings. The van der Waals surface area contributed by atoms with Crippen LogP contribution in [0.15, 0.2) is 38.7 Å². The van der Waals surface area contributed by atoms with Gasteiger partial charge in [-0.25, -0.2) is 4.99 Å². The molecule has 96 valence electrons. The topological polar surface area (TPSA) is 103 Å². The Hall–Kier alpha value is -1.43. The highest BCUT2D eigenvalue weighted by atomic mass is 35.5. The van der Waals surface area contributed by atoms with E-state index in [-0.39, 0.29) is 21.4 Å². The van der Waals surface area contributed by atoms with Crippen LogP contribution >= 0.6 is 34.8 Å². The summed E-state index contributed by atoms with van der Waals surface area (Å²) in [6.45, 7) is 0. The zero-order valence-corrected chi connectivity index (χ0v) is 11.3. The standard InChI is InChI=1S/C10H10Cl3N5/c11-7(8(12)13)5-2-1-3-6(4-5)17-10(16)18-9(14)15/h1-4H,(H6,14,15,16,17,18). The lowest BCUT2D eigenvalue weighted by molar-refractivity contribution is 1.38. The predicted octanol–water partition coefficient (Wildman–Crippen LogP) is 2.25. The van der Waals surface area contributed by atoms with Gasteiger partial charge < -0.3 is 17.2 Å². The number of hydrogen-bond donors (Lipinski definition) is 3. The van der Waals surface area contributed by atoms with E-state index in [4.69, 9.17) is 52.0 Å². The Morgan fingerprint density at radius 2 is 1.72 bits per heavy atom. The van der Waals surface area contributed by atoms with Crippen LogP contribution in [0.3, 0.4) is 0 Å². The summed E-state index contributed by atoms with van der Waals surface area (Å²) in [5.41, 5.74) is 17.0. The van der Waals surface area contributed by atoms with Crippen LogP contribution in [0, 0.1) is 0 Å². The van der Waals surface area contributed by atoms with Gasteiger partial charge in [0.15, 0.2) is 5.96 Å². The van der Waals surface area contributed by atoms with Gasteiger partial charge in [-0.2, -0.15) is 4.99 Å². The molecule has 18 heavy (non-hydrogen) atoms. The summed E-state index contributed by atoms with van der Waals surface area (Å²) in [7, 11) is 0. The number of aliphatic imine (C=N–C) groups is 2. The van der Waals surface area contributed by atoms with Crippen LogP contribution in [0.5, 0.6) is 0 Å². The monoisotopic (exact) mass is 305 g/mol. The molecule has 0 unspecified atom stereocenters. The summed E-state index contributed by atoms with van der Waals surface area (Å²) in [6.07, 6.45) is 0. The van der Waals surface area contributed by atoms with Crippen molar-refractivity contribution in [1.29, 1.82) is 0 Å². The molecule has 0 amide bonds. The molecule has 5 nitrogen and oxygen atoms in total. The molecule has 0 spiro atoms. The fourth-order valence-corrected chi connectivity index (χ4v) is 1.45. The van der Waals surface area contributed by atoms with Gasteiger partial charge in [-0.3, -0.25) is 0 Å². The first-order chi connectivity index (χ1) is 8.40. The summed E-state index contributed by atoms with van der Waals surface area (Å²) in [4.78, 5) is 7.57. The SMILES string of the molecule is NC(N)=NC(N)=Nc1cccc(C(Cl)=C(Cl)Cl)c1. The lowest BCUT2D eigenvalue weighted by Crippen LogP contribution is -2.26. The Morgan fingerprint density at radius 1 is 1.06 bits per heavy atom. The summed E-state index contributed by atoms with van der Waals surface area (Å²) >= 11 is 17.1. The van der Waals surface area contributed by atoms with Crippen LogP contribution < -0.4 is 17.2 Å². The van der Waals surface area contributed by atoms with Gasteiger partial charge in [0.1, 0.15) is 4.49 Å². The maximum Gasteiger partial charge on any atom is 0.223 e. The van der Waals surface area contributed by atoms with Crippen LogP contribution in [-0.4, -0.2) is 11.9 Å². The van der Waals surface area contributed by atoms with E-state index < -0.39 is 0 Å². The van der Waals surface area contributed by atoms with E-state index in [1.165, 1.54) is 0 Å². The van der Waals surface area contributed by atoms with Crippen LogP contribution in [0.1, 0.15) is 5.56 Å². The maximum atomic E-state index is 5.90. The molecule has 0 radical (unpaired) electrons. The van der Waals surface area contributed by atoms with Gasteiger partial charge in [0, 0.05) is 0 Å². The molecule has 6 N–H and O–H groups in total.